The molecule has 2 heterocycles. The van der Waals surface area contributed by atoms with Crippen LogP contribution in [0.25, 0.3) is 0 Å². The number of ether oxygens (including phenoxy) is 1. The summed E-state index contributed by atoms with van der Waals surface area (Å²) in [5.41, 5.74) is 2.51. The first-order chi connectivity index (χ1) is 9.31. The predicted molar refractivity (Wildman–Crippen MR) is 77.2 cm³/mol. The Kier molecular flexibility index (Phi) is 5.76. The Morgan fingerprint density at radius 1 is 1.53 bits per heavy atom. The van der Waals surface area contributed by atoms with Crippen molar-refractivity contribution in [2.45, 2.75) is 32.4 Å². The van der Waals surface area contributed by atoms with Gasteiger partial charge in [-0.1, -0.05) is 6.07 Å². The number of likely N-dealkylation sites (tertiary alicyclic amines) is 1. The van der Waals surface area contributed by atoms with E-state index in [4.69, 9.17) is 4.74 Å². The molecule has 1 aromatic rings. The number of methoxy groups -OCH3 is 1. The summed E-state index contributed by atoms with van der Waals surface area (Å²) >= 11 is 0. The van der Waals surface area contributed by atoms with Crippen LogP contribution in [-0.2, 0) is 11.3 Å². The van der Waals surface area contributed by atoms with E-state index in [2.05, 4.69) is 28.2 Å². The topological polar surface area (TPSA) is 37.4 Å². The van der Waals surface area contributed by atoms with E-state index in [1.807, 2.05) is 12.3 Å². The van der Waals surface area contributed by atoms with E-state index < -0.39 is 0 Å². The molecule has 0 aromatic carbocycles. The highest BCUT2D eigenvalue weighted by Gasteiger charge is 2.24. The molecule has 4 heteroatoms. The molecule has 1 fully saturated rings. The highest BCUT2D eigenvalue weighted by atomic mass is 16.5. The largest absolute Gasteiger partial charge is 0.383 e. The van der Waals surface area contributed by atoms with Gasteiger partial charge in [0.2, 0.25) is 0 Å². The Morgan fingerprint density at radius 2 is 2.42 bits per heavy atom. The summed E-state index contributed by atoms with van der Waals surface area (Å²) in [7, 11) is 1.74. The lowest BCUT2D eigenvalue weighted by Crippen LogP contribution is -2.38. The van der Waals surface area contributed by atoms with Gasteiger partial charge in [-0.15, -0.1) is 0 Å². The third-order valence-corrected chi connectivity index (χ3v) is 3.83. The highest BCUT2D eigenvalue weighted by Crippen LogP contribution is 2.19. The van der Waals surface area contributed by atoms with Gasteiger partial charge in [0.15, 0.2) is 0 Å². The third kappa shape index (κ3) is 4.27. The Hall–Kier alpha value is -0.970. The summed E-state index contributed by atoms with van der Waals surface area (Å²) in [6.45, 7) is 7.07. The van der Waals surface area contributed by atoms with Gasteiger partial charge in [0.1, 0.15) is 0 Å². The summed E-state index contributed by atoms with van der Waals surface area (Å²) in [5.74, 6) is 0. The van der Waals surface area contributed by atoms with Gasteiger partial charge in [0, 0.05) is 39.0 Å². The van der Waals surface area contributed by atoms with Crippen molar-refractivity contribution in [1.82, 2.24) is 15.2 Å². The lowest BCUT2D eigenvalue weighted by atomic mass is 10.2. The van der Waals surface area contributed by atoms with Gasteiger partial charge in [-0.3, -0.25) is 9.88 Å². The highest BCUT2D eigenvalue weighted by molar-refractivity contribution is 5.17. The third-order valence-electron chi connectivity index (χ3n) is 3.83. The molecule has 4 nitrogen and oxygen atoms in total. The zero-order valence-corrected chi connectivity index (χ0v) is 12.1. The van der Waals surface area contributed by atoms with Gasteiger partial charge < -0.3 is 10.1 Å². The Morgan fingerprint density at radius 3 is 3.21 bits per heavy atom. The molecular weight excluding hydrogens is 238 g/mol. The van der Waals surface area contributed by atoms with Crippen LogP contribution in [0.3, 0.4) is 0 Å². The summed E-state index contributed by atoms with van der Waals surface area (Å²) in [6, 6.07) is 4.79. The maximum atomic E-state index is 5.06. The SMILES string of the molecule is COCCNCC1CCCN1Cc1ncccc1C. The van der Waals surface area contributed by atoms with Crippen LogP contribution in [0.4, 0.5) is 0 Å². The van der Waals surface area contributed by atoms with E-state index >= 15 is 0 Å². The smallest absolute Gasteiger partial charge is 0.0587 e. The molecule has 2 rings (SSSR count). The first-order valence-electron chi connectivity index (χ1n) is 7.15. The Balaban J connectivity index is 1.83. The van der Waals surface area contributed by atoms with Crippen LogP contribution in [0.1, 0.15) is 24.1 Å². The number of aromatic nitrogens is 1. The van der Waals surface area contributed by atoms with Crippen LogP contribution in [-0.4, -0.2) is 49.3 Å². The zero-order chi connectivity index (χ0) is 13.5. The minimum atomic E-state index is 0.637. The minimum absolute atomic E-state index is 0.637. The number of nitrogens with zero attached hydrogens (tertiary/aromatic N) is 2. The van der Waals surface area contributed by atoms with Crippen molar-refractivity contribution < 1.29 is 4.74 Å². The molecule has 19 heavy (non-hydrogen) atoms. The molecule has 0 amide bonds. The molecular formula is C15H25N3O. The molecule has 1 atom stereocenters. The van der Waals surface area contributed by atoms with Crippen LogP contribution in [0.15, 0.2) is 18.3 Å². The van der Waals surface area contributed by atoms with Gasteiger partial charge in [-0.05, 0) is 37.9 Å². The molecule has 0 spiro atoms. The fourth-order valence-corrected chi connectivity index (χ4v) is 2.65. The van der Waals surface area contributed by atoms with E-state index in [1.54, 1.807) is 7.11 Å². The second-order valence-corrected chi connectivity index (χ2v) is 5.23. The van der Waals surface area contributed by atoms with E-state index in [9.17, 15) is 0 Å². The van der Waals surface area contributed by atoms with Crippen LogP contribution in [0, 0.1) is 6.92 Å². The van der Waals surface area contributed by atoms with E-state index in [-0.39, 0.29) is 0 Å². The summed E-state index contributed by atoms with van der Waals surface area (Å²) in [5, 5.41) is 3.47. The molecule has 0 saturated carbocycles. The van der Waals surface area contributed by atoms with Crippen molar-refractivity contribution in [3.63, 3.8) is 0 Å². The lowest BCUT2D eigenvalue weighted by molar-refractivity contribution is 0.190. The van der Waals surface area contributed by atoms with Crippen molar-refractivity contribution in [2.24, 2.45) is 0 Å². The van der Waals surface area contributed by atoms with Crippen molar-refractivity contribution in [2.75, 3.05) is 33.4 Å². The minimum Gasteiger partial charge on any atom is -0.383 e. The maximum Gasteiger partial charge on any atom is 0.0587 e. The Labute approximate surface area is 116 Å². The van der Waals surface area contributed by atoms with Crippen molar-refractivity contribution in [3.8, 4) is 0 Å². The molecule has 1 aliphatic rings. The van der Waals surface area contributed by atoms with Gasteiger partial charge in [0.05, 0.1) is 12.3 Å². The van der Waals surface area contributed by atoms with Gasteiger partial charge in [-0.25, -0.2) is 0 Å². The molecule has 1 aromatic heterocycles. The quantitative estimate of drug-likeness (QED) is 0.758. The number of hydrogen-bond acceptors (Lipinski definition) is 4. The summed E-state index contributed by atoms with van der Waals surface area (Å²) < 4.78 is 5.06. The summed E-state index contributed by atoms with van der Waals surface area (Å²) in [4.78, 5) is 7.05. The maximum absolute atomic E-state index is 5.06. The molecule has 1 saturated heterocycles. The molecule has 1 aliphatic heterocycles. The standard InChI is InChI=1S/C15H25N3O/c1-13-5-3-7-17-15(13)12-18-9-4-6-14(18)11-16-8-10-19-2/h3,5,7,14,16H,4,6,8-12H2,1-2H3. The lowest BCUT2D eigenvalue weighted by Gasteiger charge is -2.25. The average molecular weight is 263 g/mol. The predicted octanol–water partition coefficient (Wildman–Crippen LogP) is 1.59. The van der Waals surface area contributed by atoms with Gasteiger partial charge >= 0.3 is 0 Å². The number of aryl methyl sites for hydroxylation is 1. The molecule has 0 aliphatic carbocycles. The van der Waals surface area contributed by atoms with Gasteiger partial charge in [-0.2, -0.15) is 0 Å². The fraction of sp³-hybridized carbons (Fsp3) is 0.667. The van der Waals surface area contributed by atoms with Crippen LogP contribution in [0.2, 0.25) is 0 Å². The van der Waals surface area contributed by atoms with Crippen LogP contribution >= 0.6 is 0 Å². The normalized spacial score (nSPS) is 20.0. The molecule has 0 radical (unpaired) electrons. The molecule has 0 bridgehead atoms. The molecule has 1 unspecified atom stereocenters. The second kappa shape index (κ2) is 7.58. The second-order valence-electron chi connectivity index (χ2n) is 5.23. The van der Waals surface area contributed by atoms with Crippen molar-refractivity contribution >= 4 is 0 Å². The van der Waals surface area contributed by atoms with E-state index in [1.165, 1.54) is 30.6 Å². The number of rotatable bonds is 7. The monoisotopic (exact) mass is 263 g/mol. The Bertz CT molecular complexity index is 383. The molecule has 106 valence electrons. The van der Waals surface area contributed by atoms with E-state index in [0.29, 0.717) is 6.04 Å². The fourth-order valence-electron chi connectivity index (χ4n) is 2.65. The number of hydrogen-bond donors (Lipinski definition) is 1. The molecule has 1 N–H and O–H groups in total. The van der Waals surface area contributed by atoms with Crippen molar-refractivity contribution in [3.05, 3.63) is 29.6 Å². The average Bonchev–Trinajstić information content (AvgIpc) is 2.85. The van der Waals surface area contributed by atoms with Crippen molar-refractivity contribution in [1.29, 1.82) is 0 Å². The van der Waals surface area contributed by atoms with Crippen LogP contribution < -0.4 is 5.32 Å². The zero-order valence-electron chi connectivity index (χ0n) is 12.1. The summed E-state index contributed by atoms with van der Waals surface area (Å²) in [6.07, 6.45) is 4.47. The number of nitrogens with one attached hydrogen (secondary N) is 1. The van der Waals surface area contributed by atoms with Gasteiger partial charge in [0.25, 0.3) is 0 Å². The first-order valence-corrected chi connectivity index (χ1v) is 7.15. The number of pyridine rings is 1. The van der Waals surface area contributed by atoms with E-state index in [0.717, 1.165) is 26.2 Å². The van der Waals surface area contributed by atoms with Crippen LogP contribution in [0.5, 0.6) is 0 Å². The first kappa shape index (κ1) is 14.4.